The van der Waals surface area contributed by atoms with E-state index in [4.69, 9.17) is 0 Å². The number of nitrogens with zero attached hydrogens (tertiary/aromatic N) is 3. The lowest BCUT2D eigenvalue weighted by Gasteiger charge is -2.09. The molecule has 0 bridgehead atoms. The second-order valence-corrected chi connectivity index (χ2v) is 8.82. The van der Waals surface area contributed by atoms with Crippen molar-refractivity contribution < 1.29 is 22.0 Å². The molecule has 0 aliphatic carbocycles. The van der Waals surface area contributed by atoms with Crippen LogP contribution in [-0.4, -0.2) is 4.98 Å². The third-order valence-electron chi connectivity index (χ3n) is 5.05. The first-order chi connectivity index (χ1) is 16.6. The molecule has 4 rings (SSSR count). The Morgan fingerprint density at radius 3 is 2.26 bits per heavy atom. The van der Waals surface area contributed by atoms with Crippen molar-refractivity contribution in [3.8, 4) is 11.3 Å². The summed E-state index contributed by atoms with van der Waals surface area (Å²) >= 11 is 1.12. The van der Waals surface area contributed by atoms with Crippen molar-refractivity contribution in [3.63, 3.8) is 0 Å². The van der Waals surface area contributed by atoms with Crippen LogP contribution in [0.1, 0.15) is 30.9 Å². The molecule has 1 heterocycles. The maximum absolute atomic E-state index is 14.5. The highest BCUT2D eigenvalue weighted by molar-refractivity contribution is 7.14. The van der Waals surface area contributed by atoms with E-state index in [0.29, 0.717) is 27.8 Å². The van der Waals surface area contributed by atoms with E-state index in [9.17, 15) is 22.0 Å². The quantitative estimate of drug-likeness (QED) is 0.211. The van der Waals surface area contributed by atoms with Crippen molar-refractivity contribution in [3.05, 3.63) is 88.8 Å². The minimum Gasteiger partial charge on any atom is -0.332 e. The number of benzene rings is 3. The Morgan fingerprint density at radius 1 is 0.886 bits per heavy atom. The fraction of sp³-hybridized carbons (Fsp3) is 0.160. The van der Waals surface area contributed by atoms with E-state index in [2.05, 4.69) is 20.5 Å². The number of aromatic nitrogens is 1. The zero-order valence-electron chi connectivity index (χ0n) is 18.6. The van der Waals surface area contributed by atoms with Crippen LogP contribution in [0, 0.1) is 11.6 Å². The molecule has 0 amide bonds. The van der Waals surface area contributed by atoms with Gasteiger partial charge in [-0.25, -0.2) is 13.8 Å². The summed E-state index contributed by atoms with van der Waals surface area (Å²) in [6, 6.07) is 13.3. The standard InChI is InChI=1S/C25H19F5N4S/c1-14(2)19-11-17(6-8-21(19)26)33-34-18-7-9-22(27)20(12-18)23-13-35-24(32-23)31-16-5-3-4-15(10-16)25(28,29)30/h3-14H,1-2H3,(H,31,32)/b34-33-. The highest BCUT2D eigenvalue weighted by atomic mass is 32.1. The minimum absolute atomic E-state index is 0.0222. The van der Waals surface area contributed by atoms with E-state index >= 15 is 0 Å². The lowest BCUT2D eigenvalue weighted by atomic mass is 10.0. The van der Waals surface area contributed by atoms with Gasteiger partial charge in [0.1, 0.15) is 11.6 Å². The molecule has 4 aromatic rings. The van der Waals surface area contributed by atoms with E-state index in [-0.39, 0.29) is 23.0 Å². The number of thiazole rings is 1. The molecule has 1 N–H and O–H groups in total. The van der Waals surface area contributed by atoms with Crippen molar-refractivity contribution in [2.24, 2.45) is 10.2 Å². The van der Waals surface area contributed by atoms with Crippen LogP contribution in [0.3, 0.4) is 0 Å². The number of alkyl halides is 3. The second-order valence-electron chi connectivity index (χ2n) is 7.97. The minimum atomic E-state index is -4.46. The van der Waals surface area contributed by atoms with Crippen molar-refractivity contribution in [2.75, 3.05) is 5.32 Å². The van der Waals surface area contributed by atoms with Crippen molar-refractivity contribution in [1.82, 2.24) is 4.98 Å². The molecule has 10 heteroatoms. The van der Waals surface area contributed by atoms with Crippen LogP contribution in [0.5, 0.6) is 0 Å². The number of azo groups is 1. The normalized spacial score (nSPS) is 12.0. The Balaban J connectivity index is 1.55. The molecular formula is C25H19F5N4S. The van der Waals surface area contributed by atoms with Gasteiger partial charge in [-0.2, -0.15) is 23.4 Å². The molecule has 0 unspecified atom stereocenters. The summed E-state index contributed by atoms with van der Waals surface area (Å²) in [4.78, 5) is 4.30. The maximum atomic E-state index is 14.5. The molecule has 0 radical (unpaired) electrons. The monoisotopic (exact) mass is 502 g/mol. The fourth-order valence-corrected chi connectivity index (χ4v) is 4.01. The molecule has 0 spiro atoms. The molecule has 1 aromatic heterocycles. The highest BCUT2D eigenvalue weighted by Crippen LogP contribution is 2.34. The van der Waals surface area contributed by atoms with Crippen molar-refractivity contribution >= 4 is 33.5 Å². The van der Waals surface area contributed by atoms with Crippen molar-refractivity contribution in [2.45, 2.75) is 25.9 Å². The molecule has 0 aliphatic heterocycles. The average Bonchev–Trinajstić information content (AvgIpc) is 3.27. The van der Waals surface area contributed by atoms with E-state index < -0.39 is 17.6 Å². The van der Waals surface area contributed by atoms with Gasteiger partial charge >= 0.3 is 6.18 Å². The van der Waals surface area contributed by atoms with Gasteiger partial charge in [0.05, 0.1) is 22.6 Å². The van der Waals surface area contributed by atoms with Crippen LogP contribution in [0.2, 0.25) is 0 Å². The predicted molar refractivity (Wildman–Crippen MR) is 127 cm³/mol. The summed E-state index contributed by atoms with van der Waals surface area (Å²) in [5.74, 6) is -0.879. The first-order valence-electron chi connectivity index (χ1n) is 10.5. The molecule has 180 valence electrons. The molecule has 4 nitrogen and oxygen atoms in total. The number of rotatable bonds is 6. The second kappa shape index (κ2) is 9.91. The van der Waals surface area contributed by atoms with Gasteiger partial charge in [0.2, 0.25) is 0 Å². The van der Waals surface area contributed by atoms with Gasteiger partial charge in [0.25, 0.3) is 0 Å². The molecule has 0 fully saturated rings. The third-order valence-corrected chi connectivity index (χ3v) is 5.81. The van der Waals surface area contributed by atoms with Gasteiger partial charge in [-0.1, -0.05) is 19.9 Å². The number of halogens is 5. The van der Waals surface area contributed by atoms with Crippen LogP contribution >= 0.6 is 11.3 Å². The number of hydrogen-bond donors (Lipinski definition) is 1. The van der Waals surface area contributed by atoms with E-state index in [1.807, 2.05) is 13.8 Å². The van der Waals surface area contributed by atoms with Crippen LogP contribution < -0.4 is 5.32 Å². The molecule has 0 atom stereocenters. The van der Waals surface area contributed by atoms with Crippen molar-refractivity contribution in [1.29, 1.82) is 0 Å². The predicted octanol–water partition coefficient (Wildman–Crippen LogP) is 9.39. The lowest BCUT2D eigenvalue weighted by molar-refractivity contribution is -0.137. The molecule has 0 saturated heterocycles. The summed E-state index contributed by atoms with van der Waals surface area (Å²) in [7, 11) is 0. The highest BCUT2D eigenvalue weighted by Gasteiger charge is 2.30. The molecule has 3 aromatic carbocycles. The van der Waals surface area contributed by atoms with Gasteiger partial charge in [0.15, 0.2) is 5.13 Å². The Hall–Kier alpha value is -3.66. The lowest BCUT2D eigenvalue weighted by Crippen LogP contribution is -2.05. The molecule has 0 saturated carbocycles. The van der Waals surface area contributed by atoms with Crippen LogP contribution in [-0.2, 0) is 6.18 Å². The van der Waals surface area contributed by atoms with Crippen LogP contribution in [0.4, 0.5) is 44.1 Å². The number of anilines is 2. The van der Waals surface area contributed by atoms with E-state index in [0.717, 1.165) is 23.5 Å². The van der Waals surface area contributed by atoms with Gasteiger partial charge in [-0.3, -0.25) is 0 Å². The van der Waals surface area contributed by atoms with Gasteiger partial charge in [-0.05, 0) is 66.1 Å². The topological polar surface area (TPSA) is 49.6 Å². The third kappa shape index (κ3) is 5.89. The van der Waals surface area contributed by atoms with Gasteiger partial charge in [-0.15, -0.1) is 11.3 Å². The fourth-order valence-electron chi connectivity index (χ4n) is 3.27. The Morgan fingerprint density at radius 2 is 1.57 bits per heavy atom. The Labute approximate surface area is 202 Å². The zero-order valence-corrected chi connectivity index (χ0v) is 19.4. The first-order valence-corrected chi connectivity index (χ1v) is 11.4. The summed E-state index contributed by atoms with van der Waals surface area (Å²) in [5.41, 5.74) is 1.22. The van der Waals surface area contributed by atoms with Gasteiger partial charge in [0, 0.05) is 16.6 Å². The molecular weight excluding hydrogens is 483 g/mol. The van der Waals surface area contributed by atoms with E-state index in [1.54, 1.807) is 11.4 Å². The summed E-state index contributed by atoms with van der Waals surface area (Å²) in [5, 5.41) is 13.0. The zero-order chi connectivity index (χ0) is 25.2. The van der Waals surface area contributed by atoms with E-state index in [1.165, 1.54) is 42.5 Å². The molecule has 0 aliphatic rings. The van der Waals surface area contributed by atoms with Crippen LogP contribution in [0.25, 0.3) is 11.3 Å². The van der Waals surface area contributed by atoms with Gasteiger partial charge < -0.3 is 5.32 Å². The Bertz CT molecular complexity index is 1380. The summed E-state index contributed by atoms with van der Waals surface area (Å²) in [6.07, 6.45) is -4.46. The largest absolute Gasteiger partial charge is 0.416 e. The first kappa shape index (κ1) is 24.5. The van der Waals surface area contributed by atoms with Crippen LogP contribution in [0.15, 0.2) is 76.3 Å². The number of hydrogen-bond acceptors (Lipinski definition) is 5. The maximum Gasteiger partial charge on any atom is 0.416 e. The summed E-state index contributed by atoms with van der Waals surface area (Å²) < 4.78 is 67.3. The smallest absolute Gasteiger partial charge is 0.332 e. The Kier molecular flexibility index (Phi) is 6.93. The number of nitrogens with one attached hydrogen (secondary N) is 1. The summed E-state index contributed by atoms with van der Waals surface area (Å²) in [6.45, 7) is 3.74. The average molecular weight is 503 g/mol. The SMILES string of the molecule is CC(C)c1cc(/N=N\c2ccc(F)c(-c3csc(Nc4cccc(C(F)(F)F)c4)n3)c2)ccc1F. The molecule has 35 heavy (non-hydrogen) atoms.